The predicted molar refractivity (Wildman–Crippen MR) is 99.6 cm³/mol. The molecular weight excluding hydrogens is 353 g/mol. The average Bonchev–Trinajstić information content (AvgIpc) is 2.70. The first-order valence-corrected chi connectivity index (χ1v) is 9.54. The van der Waals surface area contributed by atoms with E-state index in [2.05, 4.69) is 22.8 Å². The number of aliphatic hydroxyl groups excluding tert-OH is 1. The monoisotopic (exact) mass is 381 g/mol. The van der Waals surface area contributed by atoms with Crippen LogP contribution >= 0.6 is 0 Å². The Bertz CT molecular complexity index is 649. The van der Waals surface area contributed by atoms with E-state index in [0.717, 1.165) is 30.5 Å². The zero-order valence-corrected chi connectivity index (χ0v) is 15.6. The normalized spacial score (nSPS) is 31.9. The minimum atomic E-state index is -1.23. The number of hydrogen-bond acceptors (Lipinski definition) is 6. The first-order chi connectivity index (χ1) is 13.0. The summed E-state index contributed by atoms with van der Waals surface area (Å²) in [6, 6.07) is -0.389. The molecule has 1 aliphatic heterocycles. The molecule has 1 saturated heterocycles. The van der Waals surface area contributed by atoms with Crippen LogP contribution in [0, 0.1) is 10.1 Å². The van der Waals surface area contributed by atoms with E-state index < -0.39 is 24.9 Å². The largest absolute Gasteiger partial charge is 0.388 e. The van der Waals surface area contributed by atoms with Gasteiger partial charge in [-0.3, -0.25) is 10.1 Å². The highest BCUT2D eigenvalue weighted by atomic mass is 19.1. The third kappa shape index (κ3) is 4.75. The average molecular weight is 381 g/mol. The van der Waals surface area contributed by atoms with E-state index in [4.69, 9.17) is 4.74 Å². The van der Waals surface area contributed by atoms with Gasteiger partial charge in [0.1, 0.15) is 18.9 Å². The smallest absolute Gasteiger partial charge is 0.242 e. The maximum atomic E-state index is 12.5. The molecule has 0 saturated carbocycles. The van der Waals surface area contributed by atoms with Gasteiger partial charge >= 0.3 is 0 Å². The number of hydrogen-bond donors (Lipinski definition) is 3. The van der Waals surface area contributed by atoms with Crippen LogP contribution in [0.15, 0.2) is 35.1 Å². The van der Waals surface area contributed by atoms with Crippen molar-refractivity contribution in [1.29, 1.82) is 0 Å². The molecule has 0 bridgehead atoms. The lowest BCUT2D eigenvalue weighted by atomic mass is 9.81. The van der Waals surface area contributed by atoms with Crippen LogP contribution in [0.4, 0.5) is 4.39 Å². The summed E-state index contributed by atoms with van der Waals surface area (Å²) in [5, 5.41) is 27.6. The molecule has 1 fully saturated rings. The van der Waals surface area contributed by atoms with Crippen molar-refractivity contribution in [3.05, 3.63) is 45.2 Å². The fourth-order valence-electron chi connectivity index (χ4n) is 4.11. The number of likely N-dealkylation sites (N-methyl/N-ethyl adjacent to an activating group) is 1. The summed E-state index contributed by atoms with van der Waals surface area (Å²) in [4.78, 5) is 11.0. The van der Waals surface area contributed by atoms with Crippen molar-refractivity contribution in [3.63, 3.8) is 0 Å². The van der Waals surface area contributed by atoms with Crippen LogP contribution in [-0.2, 0) is 4.74 Å². The molecule has 2 aliphatic carbocycles. The summed E-state index contributed by atoms with van der Waals surface area (Å²) < 4.78 is 18.0. The van der Waals surface area contributed by atoms with Gasteiger partial charge in [-0.2, -0.15) is 0 Å². The molecule has 1 heterocycles. The quantitative estimate of drug-likeness (QED) is 0.352. The van der Waals surface area contributed by atoms with Gasteiger partial charge in [0.2, 0.25) is 6.04 Å². The molecule has 0 aromatic rings. The second-order valence-corrected chi connectivity index (χ2v) is 7.43. The molecule has 0 aromatic heterocycles. The summed E-state index contributed by atoms with van der Waals surface area (Å²) in [6.45, 7) is -1.13. The van der Waals surface area contributed by atoms with E-state index in [-0.39, 0.29) is 17.6 Å². The van der Waals surface area contributed by atoms with E-state index >= 15 is 0 Å². The Morgan fingerprint density at radius 3 is 2.93 bits per heavy atom. The van der Waals surface area contributed by atoms with E-state index in [0.29, 0.717) is 18.9 Å². The zero-order chi connectivity index (χ0) is 19.4. The Morgan fingerprint density at radius 2 is 2.22 bits per heavy atom. The van der Waals surface area contributed by atoms with Gasteiger partial charge in [0.25, 0.3) is 0 Å². The van der Waals surface area contributed by atoms with Gasteiger partial charge < -0.3 is 20.5 Å². The Labute approximate surface area is 158 Å². The minimum Gasteiger partial charge on any atom is -0.388 e. The molecule has 3 N–H and O–H groups in total. The maximum Gasteiger partial charge on any atom is 0.242 e. The summed E-state index contributed by atoms with van der Waals surface area (Å²) >= 11 is 0. The summed E-state index contributed by atoms with van der Waals surface area (Å²) in [5.74, 6) is 0. The number of nitrogens with one attached hydrogen (secondary N) is 2. The summed E-state index contributed by atoms with van der Waals surface area (Å²) in [6.07, 6.45) is 8.04. The first-order valence-electron chi connectivity index (χ1n) is 9.54. The maximum absolute atomic E-state index is 12.5. The number of halogens is 1. The highest BCUT2D eigenvalue weighted by molar-refractivity contribution is 5.34. The van der Waals surface area contributed by atoms with Crippen molar-refractivity contribution >= 4 is 0 Å². The molecule has 0 amide bonds. The molecule has 8 heteroatoms. The number of nitrogens with zero attached hydrogens (tertiary/aromatic N) is 1. The second kappa shape index (κ2) is 8.95. The first kappa shape index (κ1) is 20.0. The van der Waals surface area contributed by atoms with Crippen LogP contribution in [0.25, 0.3) is 0 Å². The zero-order valence-electron chi connectivity index (χ0n) is 15.6. The third-order valence-corrected chi connectivity index (χ3v) is 5.66. The van der Waals surface area contributed by atoms with Gasteiger partial charge in [-0.25, -0.2) is 4.39 Å². The Balaban J connectivity index is 1.64. The molecule has 0 radical (unpaired) electrons. The molecule has 0 spiro atoms. The van der Waals surface area contributed by atoms with Crippen LogP contribution in [-0.4, -0.2) is 60.7 Å². The molecule has 2 unspecified atom stereocenters. The lowest BCUT2D eigenvalue weighted by molar-refractivity contribution is -0.535. The van der Waals surface area contributed by atoms with Crippen LogP contribution in [0.1, 0.15) is 32.1 Å². The number of alkyl halides is 1. The topological polar surface area (TPSA) is 96.7 Å². The van der Waals surface area contributed by atoms with Crippen molar-refractivity contribution in [2.75, 3.05) is 20.3 Å². The molecule has 0 aromatic carbocycles. The minimum absolute atomic E-state index is 0.168. The van der Waals surface area contributed by atoms with Gasteiger partial charge in [-0.05, 0) is 25.3 Å². The van der Waals surface area contributed by atoms with Crippen molar-refractivity contribution in [2.45, 2.75) is 62.4 Å². The lowest BCUT2D eigenvalue weighted by Gasteiger charge is -2.38. The SMILES string of the molecule is CNC1=CC[C@@H]2NC(C3=CC[C@H]([N+](=O)[O-])[C@H](OCC(O)CF)C3)CCC2=C1. The number of piperidine rings is 1. The molecule has 3 aliphatic rings. The lowest BCUT2D eigenvalue weighted by Crippen LogP contribution is -2.48. The Morgan fingerprint density at radius 1 is 1.41 bits per heavy atom. The van der Waals surface area contributed by atoms with Crippen molar-refractivity contribution in [2.24, 2.45) is 0 Å². The van der Waals surface area contributed by atoms with Crippen LogP contribution in [0.5, 0.6) is 0 Å². The molecule has 27 heavy (non-hydrogen) atoms. The standard InChI is InChI=1S/C19H28FN3O4/c1-21-14-4-6-17-12(8-14)2-5-16(22-17)13-3-7-18(23(25)26)19(9-13)27-11-15(24)10-20/h3-4,8,15-19,21-22,24H,2,5-7,9-11H2,1H3/t15?,16?,17-,18-,19+/m0/s1. The van der Waals surface area contributed by atoms with Crippen molar-refractivity contribution in [3.8, 4) is 0 Å². The van der Waals surface area contributed by atoms with E-state index in [1.807, 2.05) is 13.1 Å². The van der Waals surface area contributed by atoms with Crippen LogP contribution in [0.3, 0.4) is 0 Å². The molecule has 150 valence electrons. The number of nitro groups is 1. The van der Waals surface area contributed by atoms with Gasteiger partial charge in [0, 0.05) is 42.6 Å². The molecule has 5 atom stereocenters. The fourth-order valence-corrected chi connectivity index (χ4v) is 4.11. The number of ether oxygens (including phenoxy) is 1. The Hall–Kier alpha value is -1.77. The van der Waals surface area contributed by atoms with E-state index in [9.17, 15) is 19.6 Å². The van der Waals surface area contributed by atoms with Crippen LogP contribution in [0.2, 0.25) is 0 Å². The number of allylic oxidation sites excluding steroid dienone is 1. The van der Waals surface area contributed by atoms with Gasteiger partial charge in [-0.15, -0.1) is 0 Å². The Kier molecular flexibility index (Phi) is 6.62. The molecule has 3 rings (SSSR count). The second-order valence-electron chi connectivity index (χ2n) is 7.43. The highest BCUT2D eigenvalue weighted by Gasteiger charge is 2.38. The molecule has 7 nitrogen and oxygen atoms in total. The van der Waals surface area contributed by atoms with E-state index in [1.54, 1.807) is 0 Å². The van der Waals surface area contributed by atoms with Gasteiger partial charge in [-0.1, -0.05) is 23.3 Å². The van der Waals surface area contributed by atoms with E-state index in [1.165, 1.54) is 5.57 Å². The highest BCUT2D eigenvalue weighted by Crippen LogP contribution is 2.33. The van der Waals surface area contributed by atoms with Crippen molar-refractivity contribution in [1.82, 2.24) is 10.6 Å². The third-order valence-electron chi connectivity index (χ3n) is 5.66. The number of rotatable bonds is 7. The fraction of sp³-hybridized carbons (Fsp3) is 0.684. The van der Waals surface area contributed by atoms with Gasteiger partial charge in [0.05, 0.1) is 6.61 Å². The number of fused-ring (bicyclic) bond motifs is 1. The number of aliphatic hydroxyl groups is 1. The molecular formula is C19H28FN3O4. The van der Waals surface area contributed by atoms with Crippen molar-refractivity contribution < 1.29 is 19.2 Å². The summed E-state index contributed by atoms with van der Waals surface area (Å²) in [7, 11) is 1.92. The van der Waals surface area contributed by atoms with Crippen LogP contribution < -0.4 is 10.6 Å². The van der Waals surface area contributed by atoms with Gasteiger partial charge in [0.15, 0.2) is 0 Å². The summed E-state index contributed by atoms with van der Waals surface area (Å²) in [5.41, 5.74) is 3.65. The predicted octanol–water partition coefficient (Wildman–Crippen LogP) is 1.62.